The minimum Gasteiger partial charge on any atom is -0.396 e. The maximum absolute atomic E-state index is 8.71. The van der Waals surface area contributed by atoms with Crippen molar-refractivity contribution in [3.8, 4) is 0 Å². The van der Waals surface area contributed by atoms with Crippen molar-refractivity contribution in [2.45, 2.75) is 31.8 Å². The van der Waals surface area contributed by atoms with Crippen molar-refractivity contribution in [3.63, 3.8) is 0 Å². The van der Waals surface area contributed by atoms with Crippen molar-refractivity contribution < 1.29 is 14.9 Å². The van der Waals surface area contributed by atoms with Crippen molar-refractivity contribution >= 4 is 0 Å². The maximum atomic E-state index is 8.71. The summed E-state index contributed by atoms with van der Waals surface area (Å²) in [7, 11) is 1.60. The first-order valence-corrected chi connectivity index (χ1v) is 4.09. The summed E-state index contributed by atoms with van der Waals surface area (Å²) in [5.74, 6) is 0. The second-order valence-electron chi connectivity index (χ2n) is 2.61. The molecule has 0 fully saturated rings. The Morgan fingerprint density at radius 1 is 1.18 bits per heavy atom. The number of rotatable bonds is 7. The van der Waals surface area contributed by atoms with Crippen LogP contribution < -0.4 is 0 Å². The van der Waals surface area contributed by atoms with Crippen LogP contribution in [0.5, 0.6) is 0 Å². The van der Waals surface area contributed by atoms with Gasteiger partial charge in [-0.3, -0.25) is 0 Å². The molecule has 0 radical (unpaired) electrons. The van der Waals surface area contributed by atoms with E-state index in [0.717, 1.165) is 25.7 Å². The second kappa shape index (κ2) is 7.98. The van der Waals surface area contributed by atoms with Crippen LogP contribution >= 0.6 is 0 Å². The first kappa shape index (κ1) is 10.9. The fourth-order valence-electron chi connectivity index (χ4n) is 0.944. The van der Waals surface area contributed by atoms with E-state index in [4.69, 9.17) is 14.9 Å². The van der Waals surface area contributed by atoms with Crippen LogP contribution in [-0.4, -0.2) is 36.6 Å². The Morgan fingerprint density at radius 3 is 2.36 bits per heavy atom. The molecule has 2 N–H and O–H groups in total. The summed E-state index contributed by atoms with van der Waals surface area (Å²) >= 11 is 0. The summed E-state index contributed by atoms with van der Waals surface area (Å²) in [5.41, 5.74) is 0. The molecule has 3 nitrogen and oxygen atoms in total. The molecule has 0 amide bonds. The molecule has 0 spiro atoms. The predicted molar refractivity (Wildman–Crippen MR) is 43.4 cm³/mol. The average Bonchev–Trinajstić information content (AvgIpc) is 2.05. The van der Waals surface area contributed by atoms with Crippen molar-refractivity contribution in [2.75, 3.05) is 20.3 Å². The highest BCUT2D eigenvalue weighted by Crippen LogP contribution is 2.04. The van der Waals surface area contributed by atoms with Gasteiger partial charge in [-0.2, -0.15) is 0 Å². The van der Waals surface area contributed by atoms with Gasteiger partial charge in [-0.05, 0) is 12.8 Å². The molecular formula is C8H18O3. The Bertz CT molecular complexity index is 71.7. The van der Waals surface area contributed by atoms with Gasteiger partial charge < -0.3 is 14.9 Å². The molecule has 0 saturated heterocycles. The number of methoxy groups -OCH3 is 1. The average molecular weight is 162 g/mol. The van der Waals surface area contributed by atoms with Crippen LogP contribution in [0, 0.1) is 0 Å². The zero-order valence-corrected chi connectivity index (χ0v) is 7.12. The molecule has 0 aromatic heterocycles. The first-order valence-electron chi connectivity index (χ1n) is 4.09. The van der Waals surface area contributed by atoms with E-state index in [9.17, 15) is 0 Å². The lowest BCUT2D eigenvalue weighted by molar-refractivity contribution is 0.0413. The number of aliphatic hydroxyl groups is 2. The lowest BCUT2D eigenvalue weighted by Gasteiger charge is -2.10. The van der Waals surface area contributed by atoms with E-state index in [0.29, 0.717) is 0 Å². The minimum absolute atomic E-state index is 0.0197. The van der Waals surface area contributed by atoms with Crippen LogP contribution in [0.3, 0.4) is 0 Å². The third kappa shape index (κ3) is 6.28. The van der Waals surface area contributed by atoms with Crippen LogP contribution in [0.4, 0.5) is 0 Å². The highest BCUT2D eigenvalue weighted by molar-refractivity contribution is 4.54. The Morgan fingerprint density at radius 2 is 1.91 bits per heavy atom. The smallest absolute Gasteiger partial charge is 0.0802 e. The number of hydrogen-bond donors (Lipinski definition) is 2. The zero-order valence-electron chi connectivity index (χ0n) is 7.12. The number of hydrogen-bond acceptors (Lipinski definition) is 3. The zero-order chi connectivity index (χ0) is 8.53. The van der Waals surface area contributed by atoms with Gasteiger partial charge in [0.05, 0.1) is 12.7 Å². The van der Waals surface area contributed by atoms with Crippen molar-refractivity contribution in [1.29, 1.82) is 0 Å². The summed E-state index contributed by atoms with van der Waals surface area (Å²) in [6, 6.07) is 0. The van der Waals surface area contributed by atoms with Gasteiger partial charge in [0.1, 0.15) is 0 Å². The summed E-state index contributed by atoms with van der Waals surface area (Å²) < 4.78 is 4.97. The predicted octanol–water partition coefficient (Wildman–Crippen LogP) is 0.546. The lowest BCUT2D eigenvalue weighted by Crippen LogP contribution is -2.15. The number of unbranched alkanes of at least 4 members (excludes halogenated alkanes) is 2. The third-order valence-electron chi connectivity index (χ3n) is 1.72. The molecule has 0 aliphatic rings. The van der Waals surface area contributed by atoms with Gasteiger partial charge in [0, 0.05) is 13.7 Å². The lowest BCUT2D eigenvalue weighted by atomic mass is 10.1. The van der Waals surface area contributed by atoms with Gasteiger partial charge in [-0.1, -0.05) is 12.8 Å². The first-order chi connectivity index (χ1) is 5.35. The van der Waals surface area contributed by atoms with E-state index in [2.05, 4.69) is 0 Å². The van der Waals surface area contributed by atoms with Gasteiger partial charge in [-0.15, -0.1) is 0 Å². The molecule has 0 aliphatic carbocycles. The highest BCUT2D eigenvalue weighted by atomic mass is 16.5. The van der Waals surface area contributed by atoms with Gasteiger partial charge >= 0.3 is 0 Å². The summed E-state index contributed by atoms with van der Waals surface area (Å²) in [6.45, 7) is 0.354. The van der Waals surface area contributed by atoms with E-state index < -0.39 is 0 Å². The fraction of sp³-hybridized carbons (Fsp3) is 1.00. The highest BCUT2D eigenvalue weighted by Gasteiger charge is 2.03. The standard InChI is InChI=1S/C8H18O3/c1-11-8(7-10)5-3-2-4-6-9/h8-10H,2-7H2,1H3. The molecule has 11 heavy (non-hydrogen) atoms. The molecule has 68 valence electrons. The van der Waals surface area contributed by atoms with Gasteiger partial charge in [0.25, 0.3) is 0 Å². The van der Waals surface area contributed by atoms with Crippen LogP contribution in [0.1, 0.15) is 25.7 Å². The van der Waals surface area contributed by atoms with Crippen molar-refractivity contribution in [3.05, 3.63) is 0 Å². The quantitative estimate of drug-likeness (QED) is 0.537. The minimum atomic E-state index is -0.0197. The Balaban J connectivity index is 3.07. The summed E-state index contributed by atoms with van der Waals surface area (Å²) in [5, 5.41) is 17.2. The van der Waals surface area contributed by atoms with Crippen LogP contribution in [0.25, 0.3) is 0 Å². The Hall–Kier alpha value is -0.120. The van der Waals surface area contributed by atoms with Crippen LogP contribution in [0.15, 0.2) is 0 Å². The van der Waals surface area contributed by atoms with Gasteiger partial charge in [0.2, 0.25) is 0 Å². The summed E-state index contributed by atoms with van der Waals surface area (Å²) in [6.07, 6.45) is 3.74. The molecule has 0 aliphatic heterocycles. The van der Waals surface area contributed by atoms with Crippen molar-refractivity contribution in [2.24, 2.45) is 0 Å². The fourth-order valence-corrected chi connectivity index (χ4v) is 0.944. The second-order valence-corrected chi connectivity index (χ2v) is 2.61. The SMILES string of the molecule is COC(CO)CCCCCO. The molecule has 0 aromatic rings. The van der Waals surface area contributed by atoms with Gasteiger partial charge in [0.15, 0.2) is 0 Å². The monoisotopic (exact) mass is 162 g/mol. The number of ether oxygens (including phenoxy) is 1. The molecule has 3 heteroatoms. The topological polar surface area (TPSA) is 49.7 Å². The van der Waals surface area contributed by atoms with E-state index in [1.54, 1.807) is 7.11 Å². The van der Waals surface area contributed by atoms with Crippen molar-refractivity contribution in [1.82, 2.24) is 0 Å². The van der Waals surface area contributed by atoms with E-state index >= 15 is 0 Å². The van der Waals surface area contributed by atoms with E-state index in [1.165, 1.54) is 0 Å². The molecule has 1 unspecified atom stereocenters. The maximum Gasteiger partial charge on any atom is 0.0802 e. The molecule has 1 atom stereocenters. The normalized spacial score (nSPS) is 13.4. The van der Waals surface area contributed by atoms with Crippen LogP contribution in [0.2, 0.25) is 0 Å². The Labute approximate surface area is 68.0 Å². The molecule has 0 heterocycles. The summed E-state index contributed by atoms with van der Waals surface area (Å²) in [4.78, 5) is 0. The molecule has 0 aromatic carbocycles. The molecular weight excluding hydrogens is 144 g/mol. The number of aliphatic hydroxyl groups excluding tert-OH is 2. The molecule has 0 saturated carbocycles. The van der Waals surface area contributed by atoms with Gasteiger partial charge in [-0.25, -0.2) is 0 Å². The Kier molecular flexibility index (Phi) is 7.89. The largest absolute Gasteiger partial charge is 0.396 e. The third-order valence-corrected chi connectivity index (χ3v) is 1.72. The molecule has 0 rings (SSSR count). The van der Waals surface area contributed by atoms with E-state index in [-0.39, 0.29) is 19.3 Å². The van der Waals surface area contributed by atoms with Crippen LogP contribution in [-0.2, 0) is 4.74 Å². The van der Waals surface area contributed by atoms with E-state index in [1.807, 2.05) is 0 Å². The molecule has 0 bridgehead atoms.